The van der Waals surface area contributed by atoms with Gasteiger partial charge >= 0.3 is 0 Å². The second-order valence-corrected chi connectivity index (χ2v) is 6.08. The van der Waals surface area contributed by atoms with Crippen LogP contribution in [0.25, 0.3) is 0 Å². The molecular formula is C14H16BrNO4. The van der Waals surface area contributed by atoms with E-state index in [1.165, 1.54) is 0 Å². The number of halogens is 1. The third kappa shape index (κ3) is 3.43. The van der Waals surface area contributed by atoms with Gasteiger partial charge in [-0.3, -0.25) is 14.9 Å². The van der Waals surface area contributed by atoms with Gasteiger partial charge in [0.15, 0.2) is 5.78 Å². The van der Waals surface area contributed by atoms with E-state index in [0.29, 0.717) is 18.4 Å². The van der Waals surface area contributed by atoms with Crippen molar-refractivity contribution in [1.29, 1.82) is 0 Å². The fourth-order valence-electron chi connectivity index (χ4n) is 2.77. The average Bonchev–Trinajstić information content (AvgIpc) is 2.39. The summed E-state index contributed by atoms with van der Waals surface area (Å²) < 4.78 is 0.880. The predicted molar refractivity (Wildman–Crippen MR) is 77.2 cm³/mol. The van der Waals surface area contributed by atoms with Gasteiger partial charge in [0.2, 0.25) is 6.04 Å². The summed E-state index contributed by atoms with van der Waals surface area (Å²) in [5.74, 6) is -0.492. The predicted octanol–water partition coefficient (Wildman–Crippen LogP) is 2.83. The summed E-state index contributed by atoms with van der Waals surface area (Å²) in [4.78, 5) is 22.8. The minimum Gasteiger partial charge on any atom is -0.386 e. The van der Waals surface area contributed by atoms with Crippen LogP contribution in [0.3, 0.4) is 0 Å². The van der Waals surface area contributed by atoms with Crippen LogP contribution in [0.5, 0.6) is 0 Å². The highest BCUT2D eigenvalue weighted by Gasteiger charge is 2.41. The van der Waals surface area contributed by atoms with Crippen molar-refractivity contribution in [2.75, 3.05) is 0 Å². The molecule has 0 radical (unpaired) electrons. The number of hydrogen-bond acceptors (Lipinski definition) is 4. The second kappa shape index (κ2) is 6.45. The molecule has 1 aliphatic carbocycles. The number of carbonyl (C=O) groups excluding carboxylic acids is 1. The SMILES string of the molecule is O=C(CC1CCCC(O)C1[N+](=O)[O-])c1ccc(Br)cc1. The van der Waals surface area contributed by atoms with Crippen molar-refractivity contribution in [2.45, 2.75) is 37.8 Å². The number of rotatable bonds is 4. The maximum atomic E-state index is 12.2. The van der Waals surface area contributed by atoms with Crippen LogP contribution in [-0.2, 0) is 0 Å². The van der Waals surface area contributed by atoms with Crippen LogP contribution in [0, 0.1) is 16.0 Å². The molecule has 0 amide bonds. The summed E-state index contributed by atoms with van der Waals surface area (Å²) in [5.41, 5.74) is 0.551. The molecule has 20 heavy (non-hydrogen) atoms. The maximum Gasteiger partial charge on any atom is 0.241 e. The van der Waals surface area contributed by atoms with Crippen molar-refractivity contribution in [3.63, 3.8) is 0 Å². The Bertz CT molecular complexity index is 502. The zero-order valence-corrected chi connectivity index (χ0v) is 12.5. The van der Waals surface area contributed by atoms with E-state index in [1.54, 1.807) is 24.3 Å². The van der Waals surface area contributed by atoms with Crippen LogP contribution in [0.2, 0.25) is 0 Å². The molecule has 1 saturated carbocycles. The molecule has 1 aromatic carbocycles. The lowest BCUT2D eigenvalue weighted by Crippen LogP contribution is -2.44. The van der Waals surface area contributed by atoms with Crippen molar-refractivity contribution >= 4 is 21.7 Å². The fourth-order valence-corrected chi connectivity index (χ4v) is 3.04. The molecule has 3 unspecified atom stereocenters. The molecule has 0 spiro atoms. The highest BCUT2D eigenvalue weighted by molar-refractivity contribution is 9.10. The standard InChI is InChI=1S/C14H16BrNO4/c15-11-6-4-9(5-7-11)13(18)8-10-2-1-3-12(17)14(10)16(19)20/h4-7,10,12,14,17H,1-3,8H2. The first-order valence-corrected chi connectivity index (χ1v) is 7.38. The van der Waals surface area contributed by atoms with Crippen molar-refractivity contribution in [3.8, 4) is 0 Å². The van der Waals surface area contributed by atoms with Gasteiger partial charge in [-0.2, -0.15) is 0 Å². The molecule has 108 valence electrons. The van der Waals surface area contributed by atoms with Crippen LogP contribution < -0.4 is 0 Å². The van der Waals surface area contributed by atoms with E-state index in [4.69, 9.17) is 0 Å². The van der Waals surface area contributed by atoms with Gasteiger partial charge in [-0.15, -0.1) is 0 Å². The molecular weight excluding hydrogens is 326 g/mol. The van der Waals surface area contributed by atoms with Gasteiger partial charge in [0.1, 0.15) is 6.10 Å². The number of nitrogens with zero attached hydrogens (tertiary/aromatic N) is 1. The number of aliphatic hydroxyl groups is 1. The van der Waals surface area contributed by atoms with E-state index in [-0.39, 0.29) is 18.1 Å². The highest BCUT2D eigenvalue weighted by atomic mass is 79.9. The number of ketones is 1. The fraction of sp³-hybridized carbons (Fsp3) is 0.500. The Hall–Kier alpha value is -1.27. The molecule has 3 atom stereocenters. The number of hydrogen-bond donors (Lipinski definition) is 1. The summed E-state index contributed by atoms with van der Waals surface area (Å²) in [6.07, 6.45) is 0.953. The molecule has 2 rings (SSSR count). The number of carbonyl (C=O) groups is 1. The minimum atomic E-state index is -1.02. The summed E-state index contributed by atoms with van der Waals surface area (Å²) in [7, 11) is 0. The molecule has 0 aromatic heterocycles. The average molecular weight is 342 g/mol. The maximum absolute atomic E-state index is 12.2. The lowest BCUT2D eigenvalue weighted by molar-refractivity contribution is -0.547. The van der Waals surface area contributed by atoms with Crippen molar-refractivity contribution < 1.29 is 14.8 Å². The summed E-state index contributed by atoms with van der Waals surface area (Å²) in [6, 6.07) is 5.92. The zero-order chi connectivity index (χ0) is 14.7. The van der Waals surface area contributed by atoms with Crippen LogP contribution in [0.15, 0.2) is 28.7 Å². The van der Waals surface area contributed by atoms with Gasteiger partial charge in [-0.25, -0.2) is 0 Å². The third-order valence-electron chi connectivity index (χ3n) is 3.81. The van der Waals surface area contributed by atoms with Gasteiger partial charge in [-0.1, -0.05) is 34.5 Å². The van der Waals surface area contributed by atoms with Crippen LogP contribution in [0.1, 0.15) is 36.0 Å². The van der Waals surface area contributed by atoms with E-state index < -0.39 is 17.1 Å². The summed E-state index contributed by atoms with van der Waals surface area (Å²) in [5, 5.41) is 20.8. The van der Waals surface area contributed by atoms with Gasteiger partial charge in [-0.05, 0) is 25.0 Å². The molecule has 0 saturated heterocycles. The summed E-state index contributed by atoms with van der Waals surface area (Å²) >= 11 is 3.30. The van der Waals surface area contributed by atoms with Gasteiger partial charge in [0.25, 0.3) is 0 Å². The Morgan fingerprint density at radius 2 is 2.00 bits per heavy atom. The molecule has 5 nitrogen and oxygen atoms in total. The van der Waals surface area contributed by atoms with Crippen molar-refractivity contribution in [2.24, 2.45) is 5.92 Å². The Morgan fingerprint density at radius 1 is 1.35 bits per heavy atom. The first-order chi connectivity index (χ1) is 9.49. The number of benzene rings is 1. The molecule has 0 heterocycles. The Balaban J connectivity index is 2.09. The quantitative estimate of drug-likeness (QED) is 0.518. The smallest absolute Gasteiger partial charge is 0.241 e. The van der Waals surface area contributed by atoms with Gasteiger partial charge < -0.3 is 5.11 Å². The third-order valence-corrected chi connectivity index (χ3v) is 4.34. The van der Waals surface area contributed by atoms with E-state index >= 15 is 0 Å². The second-order valence-electron chi connectivity index (χ2n) is 5.17. The summed E-state index contributed by atoms with van der Waals surface area (Å²) in [6.45, 7) is 0. The lowest BCUT2D eigenvalue weighted by atomic mass is 9.79. The van der Waals surface area contributed by atoms with Crippen LogP contribution >= 0.6 is 15.9 Å². The zero-order valence-electron chi connectivity index (χ0n) is 10.9. The largest absolute Gasteiger partial charge is 0.386 e. The topological polar surface area (TPSA) is 80.4 Å². The highest BCUT2D eigenvalue weighted by Crippen LogP contribution is 2.30. The number of aliphatic hydroxyl groups excluding tert-OH is 1. The van der Waals surface area contributed by atoms with Crippen LogP contribution in [0.4, 0.5) is 0 Å². The molecule has 1 aromatic rings. The monoisotopic (exact) mass is 341 g/mol. The Morgan fingerprint density at radius 3 is 2.60 bits per heavy atom. The van der Waals surface area contributed by atoms with Gasteiger partial charge in [0.05, 0.1) is 0 Å². The lowest BCUT2D eigenvalue weighted by Gasteiger charge is -2.28. The van der Waals surface area contributed by atoms with Crippen LogP contribution in [-0.4, -0.2) is 28.0 Å². The molecule has 1 N–H and O–H groups in total. The molecule has 6 heteroatoms. The molecule has 1 aliphatic rings. The van der Waals surface area contributed by atoms with Gasteiger partial charge in [0, 0.05) is 27.3 Å². The van der Waals surface area contributed by atoms with E-state index in [1.807, 2.05) is 0 Å². The first kappa shape index (κ1) is 15.1. The van der Waals surface area contributed by atoms with Crippen molar-refractivity contribution in [3.05, 3.63) is 44.4 Å². The van der Waals surface area contributed by atoms with Crippen molar-refractivity contribution in [1.82, 2.24) is 0 Å². The number of Topliss-reactive ketones (excluding diaryl/α,β-unsaturated/α-hetero) is 1. The molecule has 0 aliphatic heterocycles. The normalized spacial score (nSPS) is 26.2. The van der Waals surface area contributed by atoms with E-state index in [0.717, 1.165) is 10.9 Å². The van der Waals surface area contributed by atoms with E-state index in [2.05, 4.69) is 15.9 Å². The molecule has 1 fully saturated rings. The Labute approximate surface area is 125 Å². The first-order valence-electron chi connectivity index (χ1n) is 6.59. The van der Waals surface area contributed by atoms with E-state index in [9.17, 15) is 20.0 Å². The molecule has 0 bridgehead atoms. The number of nitro groups is 1. The minimum absolute atomic E-state index is 0.108. The Kier molecular flexibility index (Phi) is 4.88.